The van der Waals surface area contributed by atoms with Gasteiger partial charge in [0, 0.05) is 0 Å². The molecule has 0 aliphatic carbocycles. The second-order valence-corrected chi connectivity index (χ2v) is 4.16. The summed E-state index contributed by atoms with van der Waals surface area (Å²) in [5.41, 5.74) is 0.477. The maximum atomic E-state index is 12.6. The molecule has 7 heteroatoms. The van der Waals surface area contributed by atoms with E-state index in [0.717, 1.165) is 6.20 Å². The minimum absolute atomic E-state index is 0.0625. The number of hydrogen-bond donors (Lipinski definition) is 1. The smallest absolute Gasteiger partial charge is 0.284 e. The van der Waals surface area contributed by atoms with E-state index in [1.54, 1.807) is 12.1 Å². The van der Waals surface area contributed by atoms with E-state index in [4.69, 9.17) is 11.6 Å². The Kier molecular flexibility index (Phi) is 3.12. The van der Waals surface area contributed by atoms with Crippen LogP contribution in [0.25, 0.3) is 0 Å². The van der Waals surface area contributed by atoms with Crippen LogP contribution in [0.5, 0.6) is 0 Å². The molecule has 0 unspecified atom stereocenters. The minimum Gasteiger partial charge on any atom is -0.319 e. The third-order valence-corrected chi connectivity index (χ3v) is 2.67. The van der Waals surface area contributed by atoms with Gasteiger partial charge < -0.3 is 5.32 Å². The Bertz CT molecular complexity index is 514. The van der Waals surface area contributed by atoms with Gasteiger partial charge in [-0.15, -0.1) is 0 Å². The van der Waals surface area contributed by atoms with Crippen molar-refractivity contribution in [2.45, 2.75) is 0 Å². The number of carbonyl (C=O) groups excluding carboxylic acids is 1. The van der Waals surface area contributed by atoms with Gasteiger partial charge in [-0.3, -0.25) is 4.79 Å². The lowest BCUT2D eigenvalue weighted by Crippen LogP contribution is -2.11. The van der Waals surface area contributed by atoms with Crippen LogP contribution in [0, 0.1) is 5.13 Å². The monoisotopic (exact) mass is 257 g/mol. The topological polar surface area (TPSA) is 54.9 Å². The van der Waals surface area contributed by atoms with Gasteiger partial charge in [0.15, 0.2) is 10.1 Å². The molecular formula is C9H5ClFN3OS. The van der Waals surface area contributed by atoms with Crippen molar-refractivity contribution < 1.29 is 9.18 Å². The molecule has 0 saturated carbocycles. The standard InChI is InChI=1S/C9H5ClFN3OS/c10-6-2-1-5(3-12-6)14-8(15)9-13-4-7(11)16-9/h1-4H,(H,14,15). The highest BCUT2D eigenvalue weighted by molar-refractivity contribution is 7.12. The largest absolute Gasteiger partial charge is 0.319 e. The number of halogens is 2. The highest BCUT2D eigenvalue weighted by atomic mass is 35.5. The SMILES string of the molecule is O=C(Nc1ccc(Cl)nc1)c1ncc(F)s1. The number of thiazole rings is 1. The van der Waals surface area contributed by atoms with Crippen LogP contribution in [0.4, 0.5) is 10.1 Å². The van der Waals surface area contributed by atoms with Crippen LogP contribution >= 0.6 is 22.9 Å². The van der Waals surface area contributed by atoms with Crippen LogP contribution < -0.4 is 5.32 Å². The highest BCUT2D eigenvalue weighted by Crippen LogP contribution is 2.14. The molecule has 0 aliphatic rings. The molecule has 2 aromatic rings. The van der Waals surface area contributed by atoms with Crippen molar-refractivity contribution >= 4 is 34.5 Å². The predicted molar refractivity (Wildman–Crippen MR) is 59.3 cm³/mol. The molecule has 1 amide bonds. The number of aromatic nitrogens is 2. The maximum absolute atomic E-state index is 12.6. The number of nitrogens with one attached hydrogen (secondary N) is 1. The predicted octanol–water partition coefficient (Wildman–Crippen LogP) is 2.58. The second-order valence-electron chi connectivity index (χ2n) is 2.79. The molecule has 2 aromatic heterocycles. The molecule has 2 rings (SSSR count). The van der Waals surface area contributed by atoms with E-state index < -0.39 is 11.0 Å². The normalized spacial score (nSPS) is 10.1. The van der Waals surface area contributed by atoms with E-state index in [1.807, 2.05) is 0 Å². The summed E-state index contributed by atoms with van der Waals surface area (Å²) < 4.78 is 12.6. The van der Waals surface area contributed by atoms with Gasteiger partial charge in [0.1, 0.15) is 5.15 Å². The van der Waals surface area contributed by atoms with Gasteiger partial charge in [-0.25, -0.2) is 9.97 Å². The van der Waals surface area contributed by atoms with Crippen LogP contribution in [0.15, 0.2) is 24.5 Å². The van der Waals surface area contributed by atoms with Crippen LogP contribution in [0.3, 0.4) is 0 Å². The molecule has 0 atom stereocenters. The minimum atomic E-state index is -0.501. The number of hydrogen-bond acceptors (Lipinski definition) is 4. The first kappa shape index (κ1) is 11.0. The lowest BCUT2D eigenvalue weighted by Gasteiger charge is -2.01. The van der Waals surface area contributed by atoms with Gasteiger partial charge in [-0.2, -0.15) is 4.39 Å². The fourth-order valence-electron chi connectivity index (χ4n) is 0.994. The Morgan fingerprint density at radius 3 is 2.75 bits per heavy atom. The molecule has 0 aromatic carbocycles. The summed E-state index contributed by atoms with van der Waals surface area (Å²) >= 11 is 6.27. The number of rotatable bonds is 2. The highest BCUT2D eigenvalue weighted by Gasteiger charge is 2.11. The number of nitrogens with zero attached hydrogens (tertiary/aromatic N) is 2. The van der Waals surface area contributed by atoms with Gasteiger partial charge >= 0.3 is 0 Å². The summed E-state index contributed by atoms with van der Waals surface area (Å²) in [6.45, 7) is 0. The van der Waals surface area contributed by atoms with Gasteiger partial charge in [-0.05, 0) is 12.1 Å². The van der Waals surface area contributed by atoms with Crippen LogP contribution in [0.2, 0.25) is 5.15 Å². The van der Waals surface area contributed by atoms with Crippen LogP contribution in [-0.2, 0) is 0 Å². The Balaban J connectivity index is 2.10. The second kappa shape index (κ2) is 4.54. The van der Waals surface area contributed by atoms with E-state index in [1.165, 1.54) is 6.20 Å². The molecular weight excluding hydrogens is 253 g/mol. The Labute approximate surface area is 99.1 Å². The van der Waals surface area contributed by atoms with Crippen molar-refractivity contribution in [1.29, 1.82) is 0 Å². The lowest BCUT2D eigenvalue weighted by molar-refractivity contribution is 0.102. The van der Waals surface area contributed by atoms with E-state index in [-0.39, 0.29) is 5.01 Å². The molecule has 0 aliphatic heterocycles. The molecule has 16 heavy (non-hydrogen) atoms. The van der Waals surface area contributed by atoms with Crippen molar-refractivity contribution in [2.75, 3.05) is 5.32 Å². The summed E-state index contributed by atoms with van der Waals surface area (Å²) in [5.74, 6) is -0.474. The Hall–Kier alpha value is -1.53. The molecule has 0 fully saturated rings. The maximum Gasteiger partial charge on any atom is 0.284 e. The van der Waals surface area contributed by atoms with Gasteiger partial charge in [0.05, 0.1) is 18.1 Å². The summed E-state index contributed by atoms with van der Waals surface area (Å²) in [6.07, 6.45) is 2.41. The summed E-state index contributed by atoms with van der Waals surface area (Å²) in [5, 5.41) is 2.41. The lowest BCUT2D eigenvalue weighted by atomic mass is 10.4. The van der Waals surface area contributed by atoms with Crippen molar-refractivity contribution in [3.05, 3.63) is 39.8 Å². The molecule has 1 N–H and O–H groups in total. The van der Waals surface area contributed by atoms with Crippen molar-refractivity contribution in [1.82, 2.24) is 9.97 Å². The van der Waals surface area contributed by atoms with Crippen molar-refractivity contribution in [2.24, 2.45) is 0 Å². The molecule has 4 nitrogen and oxygen atoms in total. The number of pyridine rings is 1. The van der Waals surface area contributed by atoms with Gasteiger partial charge in [0.25, 0.3) is 5.91 Å². The molecule has 0 saturated heterocycles. The first-order valence-corrected chi connectivity index (χ1v) is 5.39. The van der Waals surface area contributed by atoms with E-state index >= 15 is 0 Å². The molecule has 0 bridgehead atoms. The Morgan fingerprint density at radius 1 is 1.38 bits per heavy atom. The van der Waals surface area contributed by atoms with Crippen LogP contribution in [0.1, 0.15) is 9.80 Å². The summed E-state index contributed by atoms with van der Waals surface area (Å²) in [6, 6.07) is 3.14. The molecule has 2 heterocycles. The third kappa shape index (κ3) is 2.53. The van der Waals surface area contributed by atoms with Crippen molar-refractivity contribution in [3.8, 4) is 0 Å². The zero-order chi connectivity index (χ0) is 11.5. The van der Waals surface area contributed by atoms with Gasteiger partial charge in [-0.1, -0.05) is 22.9 Å². The average Bonchev–Trinajstić information content (AvgIpc) is 2.68. The van der Waals surface area contributed by atoms with Gasteiger partial charge in [0.2, 0.25) is 0 Å². The fourth-order valence-corrected chi connectivity index (χ4v) is 1.64. The van der Waals surface area contributed by atoms with E-state index in [9.17, 15) is 9.18 Å². The number of anilines is 1. The first-order chi connectivity index (χ1) is 7.65. The number of carbonyl (C=O) groups is 1. The van der Waals surface area contributed by atoms with E-state index in [2.05, 4.69) is 15.3 Å². The molecule has 0 radical (unpaired) electrons. The van der Waals surface area contributed by atoms with Crippen LogP contribution in [-0.4, -0.2) is 15.9 Å². The van der Waals surface area contributed by atoms with E-state index in [0.29, 0.717) is 22.2 Å². The zero-order valence-corrected chi connectivity index (χ0v) is 9.35. The molecule has 82 valence electrons. The average molecular weight is 258 g/mol. The van der Waals surface area contributed by atoms with Crippen molar-refractivity contribution in [3.63, 3.8) is 0 Å². The zero-order valence-electron chi connectivity index (χ0n) is 7.78. The summed E-state index contributed by atoms with van der Waals surface area (Å²) in [4.78, 5) is 18.9. The first-order valence-electron chi connectivity index (χ1n) is 4.19. The quantitative estimate of drug-likeness (QED) is 0.842. The Morgan fingerprint density at radius 2 is 2.19 bits per heavy atom. The summed E-state index contributed by atoms with van der Waals surface area (Å²) in [7, 11) is 0. The molecule has 0 spiro atoms. The third-order valence-electron chi connectivity index (χ3n) is 1.66. The fraction of sp³-hybridized carbons (Fsp3) is 0. The number of amides is 1.